The minimum Gasteiger partial charge on any atom is -0.492 e. The zero-order valence-corrected chi connectivity index (χ0v) is 16.2. The number of thioether (sulfide) groups is 1. The van der Waals surface area contributed by atoms with Crippen molar-refractivity contribution in [3.05, 3.63) is 53.1 Å². The summed E-state index contributed by atoms with van der Waals surface area (Å²) in [6.45, 7) is 4.28. The number of aryl methyl sites for hydroxylation is 1. The van der Waals surface area contributed by atoms with Crippen LogP contribution in [0, 0.1) is 6.92 Å². The number of rotatable bonds is 8. The van der Waals surface area contributed by atoms with Crippen LogP contribution in [0.5, 0.6) is 5.75 Å². The fourth-order valence-electron chi connectivity index (χ4n) is 2.23. The van der Waals surface area contributed by atoms with Gasteiger partial charge < -0.3 is 15.4 Å². The van der Waals surface area contributed by atoms with Crippen molar-refractivity contribution in [2.24, 2.45) is 0 Å². The Bertz CT molecular complexity index is 783. The molecule has 0 atom stereocenters. The summed E-state index contributed by atoms with van der Waals surface area (Å²) in [5.74, 6) is 0.640. The molecule has 0 spiro atoms. The Morgan fingerprint density at radius 2 is 1.69 bits per heavy atom. The van der Waals surface area contributed by atoms with Gasteiger partial charge in [0.15, 0.2) is 0 Å². The lowest BCUT2D eigenvalue weighted by Gasteiger charge is -2.11. The number of nitrogens with one attached hydrogen (secondary N) is 2. The van der Waals surface area contributed by atoms with Crippen molar-refractivity contribution in [1.29, 1.82) is 0 Å². The van der Waals surface area contributed by atoms with Gasteiger partial charge in [-0.05, 0) is 49.7 Å². The molecule has 138 valence electrons. The summed E-state index contributed by atoms with van der Waals surface area (Å²) in [7, 11) is 0. The van der Waals surface area contributed by atoms with Gasteiger partial charge in [0.1, 0.15) is 5.75 Å². The van der Waals surface area contributed by atoms with Crippen molar-refractivity contribution < 1.29 is 14.3 Å². The third-order valence-corrected chi connectivity index (χ3v) is 4.56. The highest BCUT2D eigenvalue weighted by Crippen LogP contribution is 2.24. The molecule has 0 bridgehead atoms. The molecule has 0 saturated carbocycles. The second kappa shape index (κ2) is 10.1. The van der Waals surface area contributed by atoms with Crippen LogP contribution in [0.3, 0.4) is 0 Å². The summed E-state index contributed by atoms with van der Waals surface area (Å²) < 4.78 is 5.47. The monoisotopic (exact) mass is 392 g/mol. The average Bonchev–Trinajstić information content (AvgIpc) is 2.59. The van der Waals surface area contributed by atoms with E-state index in [1.165, 1.54) is 11.8 Å². The van der Waals surface area contributed by atoms with E-state index in [9.17, 15) is 9.59 Å². The first-order valence-corrected chi connectivity index (χ1v) is 9.68. The lowest BCUT2D eigenvalue weighted by molar-refractivity contribution is -0.114. The lowest BCUT2D eigenvalue weighted by atomic mass is 10.2. The highest BCUT2D eigenvalue weighted by atomic mass is 35.5. The SMILES string of the molecule is CCOc1ccccc1NC(=O)CSCC(=O)Nc1ccc(Cl)cc1C. The molecule has 0 aromatic heterocycles. The van der Waals surface area contributed by atoms with Gasteiger partial charge in [-0.25, -0.2) is 0 Å². The molecule has 0 radical (unpaired) electrons. The van der Waals surface area contributed by atoms with E-state index in [-0.39, 0.29) is 23.3 Å². The number of hydrogen-bond acceptors (Lipinski definition) is 4. The van der Waals surface area contributed by atoms with Crippen LogP contribution >= 0.6 is 23.4 Å². The van der Waals surface area contributed by atoms with Gasteiger partial charge in [-0.3, -0.25) is 9.59 Å². The number of anilines is 2. The van der Waals surface area contributed by atoms with Crippen LogP contribution in [0.1, 0.15) is 12.5 Å². The molecule has 7 heteroatoms. The molecule has 0 heterocycles. The van der Waals surface area contributed by atoms with Crippen molar-refractivity contribution in [2.45, 2.75) is 13.8 Å². The third-order valence-electron chi connectivity index (χ3n) is 3.39. The van der Waals surface area contributed by atoms with E-state index in [0.29, 0.717) is 23.1 Å². The number of carbonyl (C=O) groups is 2. The standard InChI is InChI=1S/C19H21ClN2O3S/c1-3-25-17-7-5-4-6-16(17)22-19(24)12-26-11-18(23)21-15-9-8-14(20)10-13(15)2/h4-10H,3,11-12H2,1-2H3,(H,21,23)(H,22,24). The molecular formula is C19H21ClN2O3S. The number of benzene rings is 2. The number of para-hydroxylation sites is 2. The van der Waals surface area contributed by atoms with Gasteiger partial charge in [0.2, 0.25) is 11.8 Å². The van der Waals surface area contributed by atoms with E-state index in [2.05, 4.69) is 10.6 Å². The first-order chi connectivity index (χ1) is 12.5. The van der Waals surface area contributed by atoms with Gasteiger partial charge in [-0.2, -0.15) is 0 Å². The van der Waals surface area contributed by atoms with E-state index in [1.54, 1.807) is 30.3 Å². The molecule has 2 rings (SSSR count). The fraction of sp³-hybridized carbons (Fsp3) is 0.263. The lowest BCUT2D eigenvalue weighted by Crippen LogP contribution is -2.19. The van der Waals surface area contributed by atoms with E-state index >= 15 is 0 Å². The predicted molar refractivity (Wildman–Crippen MR) is 108 cm³/mol. The highest BCUT2D eigenvalue weighted by Gasteiger charge is 2.10. The van der Waals surface area contributed by atoms with Crippen molar-refractivity contribution in [2.75, 3.05) is 28.7 Å². The summed E-state index contributed by atoms with van der Waals surface area (Å²) in [6, 6.07) is 12.5. The summed E-state index contributed by atoms with van der Waals surface area (Å²) in [6.07, 6.45) is 0. The molecule has 2 N–H and O–H groups in total. The second-order valence-electron chi connectivity index (χ2n) is 5.48. The van der Waals surface area contributed by atoms with Crippen molar-refractivity contribution in [3.63, 3.8) is 0 Å². The van der Waals surface area contributed by atoms with Crippen LogP contribution in [0.4, 0.5) is 11.4 Å². The Kier molecular flexibility index (Phi) is 7.81. The maximum Gasteiger partial charge on any atom is 0.234 e. The molecule has 0 aliphatic rings. The van der Waals surface area contributed by atoms with Gasteiger partial charge in [-0.15, -0.1) is 11.8 Å². The average molecular weight is 393 g/mol. The molecule has 0 fully saturated rings. The molecule has 26 heavy (non-hydrogen) atoms. The maximum absolute atomic E-state index is 12.1. The van der Waals surface area contributed by atoms with Crippen LogP contribution in [0.15, 0.2) is 42.5 Å². The quantitative estimate of drug-likeness (QED) is 0.700. The summed E-state index contributed by atoms with van der Waals surface area (Å²) in [5, 5.41) is 6.24. The van der Waals surface area contributed by atoms with E-state index in [1.807, 2.05) is 26.0 Å². The Hall–Kier alpha value is -2.18. The van der Waals surface area contributed by atoms with Crippen LogP contribution in [0.25, 0.3) is 0 Å². The summed E-state index contributed by atoms with van der Waals surface area (Å²) in [4.78, 5) is 24.1. The van der Waals surface area contributed by atoms with Crippen LogP contribution in [-0.4, -0.2) is 29.9 Å². The van der Waals surface area contributed by atoms with Gasteiger partial charge in [0.05, 0.1) is 23.8 Å². The van der Waals surface area contributed by atoms with E-state index < -0.39 is 0 Å². The third kappa shape index (κ3) is 6.28. The largest absolute Gasteiger partial charge is 0.492 e. The van der Waals surface area contributed by atoms with Crippen molar-refractivity contribution in [3.8, 4) is 5.75 Å². The van der Waals surface area contributed by atoms with Gasteiger partial charge in [0, 0.05) is 10.7 Å². The van der Waals surface area contributed by atoms with Crippen LogP contribution < -0.4 is 15.4 Å². The summed E-state index contributed by atoms with van der Waals surface area (Å²) in [5.41, 5.74) is 2.23. The number of carbonyl (C=O) groups excluding carboxylic acids is 2. The fourth-order valence-corrected chi connectivity index (χ4v) is 3.07. The van der Waals surface area contributed by atoms with Crippen LogP contribution in [0.2, 0.25) is 5.02 Å². The number of ether oxygens (including phenoxy) is 1. The van der Waals surface area contributed by atoms with Crippen molar-refractivity contribution in [1.82, 2.24) is 0 Å². The molecule has 2 amide bonds. The van der Waals surface area contributed by atoms with E-state index in [4.69, 9.17) is 16.3 Å². The number of halogens is 1. The number of hydrogen-bond donors (Lipinski definition) is 2. The molecular weight excluding hydrogens is 372 g/mol. The Labute approximate surface area is 162 Å². The second-order valence-corrected chi connectivity index (χ2v) is 6.90. The van der Waals surface area contributed by atoms with Gasteiger partial charge in [-0.1, -0.05) is 23.7 Å². The first-order valence-electron chi connectivity index (χ1n) is 8.15. The zero-order chi connectivity index (χ0) is 18.9. The Morgan fingerprint density at radius 3 is 2.35 bits per heavy atom. The van der Waals surface area contributed by atoms with Crippen molar-refractivity contribution >= 4 is 46.6 Å². The predicted octanol–water partition coefficient (Wildman–Crippen LogP) is 4.36. The van der Waals surface area contributed by atoms with E-state index in [0.717, 1.165) is 11.3 Å². The summed E-state index contributed by atoms with van der Waals surface area (Å²) >= 11 is 7.14. The van der Waals surface area contributed by atoms with Crippen LogP contribution in [-0.2, 0) is 9.59 Å². The number of amides is 2. The zero-order valence-electron chi connectivity index (χ0n) is 14.7. The Balaban J connectivity index is 1.78. The molecule has 0 saturated heterocycles. The Morgan fingerprint density at radius 1 is 1.04 bits per heavy atom. The molecule has 2 aromatic carbocycles. The normalized spacial score (nSPS) is 10.3. The molecule has 5 nitrogen and oxygen atoms in total. The smallest absolute Gasteiger partial charge is 0.234 e. The topological polar surface area (TPSA) is 67.4 Å². The van der Waals surface area contributed by atoms with Gasteiger partial charge >= 0.3 is 0 Å². The minimum atomic E-state index is -0.183. The highest BCUT2D eigenvalue weighted by molar-refractivity contribution is 8.00. The molecule has 0 aliphatic heterocycles. The molecule has 0 aliphatic carbocycles. The molecule has 0 unspecified atom stereocenters. The maximum atomic E-state index is 12.1. The minimum absolute atomic E-state index is 0.164. The van der Waals surface area contributed by atoms with Gasteiger partial charge in [0.25, 0.3) is 0 Å². The first kappa shape index (κ1) is 20.1. The molecule has 2 aromatic rings.